The van der Waals surface area contributed by atoms with Gasteiger partial charge in [0, 0.05) is 18.5 Å². The van der Waals surface area contributed by atoms with Gasteiger partial charge in [0.15, 0.2) is 0 Å². The lowest BCUT2D eigenvalue weighted by Crippen LogP contribution is -2.71. The number of hydrogen-bond donors (Lipinski definition) is 1. The first-order valence-electron chi connectivity index (χ1n) is 6.62. The average Bonchev–Trinajstić information content (AvgIpc) is 2.97. The first-order chi connectivity index (χ1) is 7.54. The predicted octanol–water partition coefficient (Wildman–Crippen LogP) is 1.52. The normalized spacial score (nSPS) is 31.2. The molecule has 3 nitrogen and oxygen atoms in total. The van der Waals surface area contributed by atoms with Crippen molar-refractivity contribution in [1.29, 1.82) is 0 Å². The Kier molecular flexibility index (Phi) is 2.13. The summed E-state index contributed by atoms with van der Waals surface area (Å²) in [6.45, 7) is 3.76. The van der Waals surface area contributed by atoms with E-state index in [1.54, 1.807) is 0 Å². The predicted molar refractivity (Wildman–Crippen MR) is 62.8 cm³/mol. The van der Waals surface area contributed by atoms with Crippen LogP contribution in [0.25, 0.3) is 0 Å². The minimum atomic E-state index is -0.0646. The molecule has 1 saturated heterocycles. The molecule has 1 heterocycles. The molecule has 3 rings (SSSR count). The lowest BCUT2D eigenvalue weighted by Gasteiger charge is -2.50. The van der Waals surface area contributed by atoms with Crippen LogP contribution in [-0.2, 0) is 4.79 Å². The Hall–Kier alpha value is -0.570. The molecule has 0 atom stereocenters. The van der Waals surface area contributed by atoms with Gasteiger partial charge < -0.3 is 10.6 Å². The lowest BCUT2D eigenvalue weighted by molar-refractivity contribution is -0.149. The fraction of sp³-hybridized carbons (Fsp3) is 0.923. The van der Waals surface area contributed by atoms with Gasteiger partial charge in [-0.2, -0.15) is 0 Å². The highest BCUT2D eigenvalue weighted by Crippen LogP contribution is 2.46. The molecule has 0 aromatic heterocycles. The molecule has 2 N–H and O–H groups in total. The SMILES string of the molecule is CC1(C(=O)N2CC(N)(C3CC3)C2)CCCC1. The number of nitrogens with two attached hydrogens (primary N) is 1. The van der Waals surface area contributed by atoms with E-state index in [0.717, 1.165) is 25.9 Å². The van der Waals surface area contributed by atoms with Crippen molar-refractivity contribution in [3.63, 3.8) is 0 Å². The maximum atomic E-state index is 12.4. The van der Waals surface area contributed by atoms with E-state index >= 15 is 0 Å². The van der Waals surface area contributed by atoms with Gasteiger partial charge in [0.1, 0.15) is 0 Å². The summed E-state index contributed by atoms with van der Waals surface area (Å²) in [7, 11) is 0. The number of hydrogen-bond acceptors (Lipinski definition) is 2. The number of rotatable bonds is 2. The molecule has 0 bridgehead atoms. The molecular weight excluding hydrogens is 200 g/mol. The van der Waals surface area contributed by atoms with Crippen LogP contribution in [0, 0.1) is 11.3 Å². The summed E-state index contributed by atoms with van der Waals surface area (Å²) >= 11 is 0. The molecule has 2 aliphatic carbocycles. The Bertz CT molecular complexity index is 310. The van der Waals surface area contributed by atoms with Gasteiger partial charge in [-0.3, -0.25) is 4.79 Å². The zero-order chi connectivity index (χ0) is 11.4. The highest BCUT2D eigenvalue weighted by molar-refractivity contribution is 5.83. The third kappa shape index (κ3) is 1.48. The van der Waals surface area contributed by atoms with E-state index in [-0.39, 0.29) is 11.0 Å². The molecule has 3 fully saturated rings. The number of amides is 1. The molecule has 0 aromatic carbocycles. The molecular formula is C13H22N2O. The van der Waals surface area contributed by atoms with Crippen molar-refractivity contribution in [2.75, 3.05) is 13.1 Å². The third-order valence-electron chi connectivity index (χ3n) is 4.87. The maximum absolute atomic E-state index is 12.4. The van der Waals surface area contributed by atoms with Crippen LogP contribution in [0.15, 0.2) is 0 Å². The summed E-state index contributed by atoms with van der Waals surface area (Å²) in [5.74, 6) is 1.07. The minimum absolute atomic E-state index is 0.0232. The van der Waals surface area contributed by atoms with E-state index in [1.165, 1.54) is 25.7 Å². The van der Waals surface area contributed by atoms with Crippen LogP contribution in [0.1, 0.15) is 45.4 Å². The molecule has 2 saturated carbocycles. The summed E-state index contributed by atoms with van der Waals surface area (Å²) in [4.78, 5) is 14.4. The van der Waals surface area contributed by atoms with Gasteiger partial charge in [0.05, 0.1) is 5.54 Å². The standard InChI is InChI=1S/C13H22N2O/c1-12(6-2-3-7-12)11(16)15-8-13(14,9-15)10-4-5-10/h10H,2-9,14H2,1H3. The highest BCUT2D eigenvalue weighted by atomic mass is 16.2. The van der Waals surface area contributed by atoms with Crippen LogP contribution in [0.4, 0.5) is 0 Å². The van der Waals surface area contributed by atoms with Crippen LogP contribution in [-0.4, -0.2) is 29.4 Å². The second-order valence-corrected chi connectivity index (χ2v) is 6.44. The van der Waals surface area contributed by atoms with Gasteiger partial charge in [-0.15, -0.1) is 0 Å². The lowest BCUT2D eigenvalue weighted by atomic mass is 9.80. The van der Waals surface area contributed by atoms with Crippen LogP contribution < -0.4 is 5.73 Å². The monoisotopic (exact) mass is 222 g/mol. The topological polar surface area (TPSA) is 46.3 Å². The second kappa shape index (κ2) is 3.22. The maximum Gasteiger partial charge on any atom is 0.228 e. The zero-order valence-corrected chi connectivity index (χ0v) is 10.2. The molecule has 1 amide bonds. The molecule has 0 aromatic rings. The highest BCUT2D eigenvalue weighted by Gasteiger charge is 2.54. The quantitative estimate of drug-likeness (QED) is 0.770. The molecule has 16 heavy (non-hydrogen) atoms. The first kappa shape index (κ1) is 10.6. The number of carbonyl (C=O) groups excluding carboxylic acids is 1. The summed E-state index contributed by atoms with van der Waals surface area (Å²) in [6, 6.07) is 0. The average molecular weight is 222 g/mol. The van der Waals surface area contributed by atoms with E-state index in [9.17, 15) is 4.79 Å². The van der Waals surface area contributed by atoms with Crippen molar-refractivity contribution in [2.24, 2.45) is 17.1 Å². The summed E-state index contributed by atoms with van der Waals surface area (Å²) in [6.07, 6.45) is 7.12. The first-order valence-corrected chi connectivity index (χ1v) is 6.62. The number of carbonyl (C=O) groups is 1. The van der Waals surface area contributed by atoms with Gasteiger partial charge in [0.2, 0.25) is 5.91 Å². The van der Waals surface area contributed by atoms with Gasteiger partial charge in [-0.1, -0.05) is 19.8 Å². The van der Waals surface area contributed by atoms with Gasteiger partial charge in [-0.05, 0) is 31.6 Å². The van der Waals surface area contributed by atoms with E-state index in [4.69, 9.17) is 5.73 Å². The summed E-state index contributed by atoms with van der Waals surface area (Å²) in [5.41, 5.74) is 6.20. The van der Waals surface area contributed by atoms with E-state index in [0.29, 0.717) is 11.8 Å². The second-order valence-electron chi connectivity index (χ2n) is 6.44. The van der Waals surface area contributed by atoms with Crippen molar-refractivity contribution < 1.29 is 4.79 Å². The fourth-order valence-electron chi connectivity index (χ4n) is 3.48. The van der Waals surface area contributed by atoms with E-state index in [2.05, 4.69) is 6.92 Å². The van der Waals surface area contributed by atoms with Crippen molar-refractivity contribution in [3.05, 3.63) is 0 Å². The zero-order valence-electron chi connectivity index (χ0n) is 10.2. The molecule has 0 radical (unpaired) electrons. The Morgan fingerprint density at radius 2 is 1.81 bits per heavy atom. The van der Waals surface area contributed by atoms with Crippen LogP contribution in [0.3, 0.4) is 0 Å². The van der Waals surface area contributed by atoms with Crippen molar-refractivity contribution in [3.8, 4) is 0 Å². The summed E-state index contributed by atoms with van der Waals surface area (Å²) in [5, 5.41) is 0. The van der Waals surface area contributed by atoms with Crippen LogP contribution >= 0.6 is 0 Å². The largest absolute Gasteiger partial charge is 0.338 e. The van der Waals surface area contributed by atoms with Gasteiger partial charge in [0.25, 0.3) is 0 Å². The Morgan fingerprint density at radius 1 is 1.25 bits per heavy atom. The Labute approximate surface area is 97.4 Å². The molecule has 0 unspecified atom stereocenters. The fourth-order valence-corrected chi connectivity index (χ4v) is 3.48. The van der Waals surface area contributed by atoms with E-state index < -0.39 is 0 Å². The molecule has 90 valence electrons. The number of likely N-dealkylation sites (tertiary alicyclic amines) is 1. The third-order valence-corrected chi connectivity index (χ3v) is 4.87. The Balaban J connectivity index is 1.61. The van der Waals surface area contributed by atoms with Gasteiger partial charge >= 0.3 is 0 Å². The van der Waals surface area contributed by atoms with Crippen molar-refractivity contribution >= 4 is 5.91 Å². The van der Waals surface area contributed by atoms with Crippen molar-refractivity contribution in [2.45, 2.75) is 51.0 Å². The van der Waals surface area contributed by atoms with Crippen LogP contribution in [0.2, 0.25) is 0 Å². The van der Waals surface area contributed by atoms with E-state index in [1.807, 2.05) is 4.90 Å². The molecule has 3 heteroatoms. The smallest absolute Gasteiger partial charge is 0.228 e. The van der Waals surface area contributed by atoms with Crippen LogP contribution in [0.5, 0.6) is 0 Å². The summed E-state index contributed by atoms with van der Waals surface area (Å²) < 4.78 is 0. The van der Waals surface area contributed by atoms with Crippen molar-refractivity contribution in [1.82, 2.24) is 4.90 Å². The Morgan fingerprint density at radius 3 is 2.31 bits per heavy atom. The minimum Gasteiger partial charge on any atom is -0.338 e. The molecule has 1 aliphatic heterocycles. The van der Waals surface area contributed by atoms with Gasteiger partial charge in [-0.25, -0.2) is 0 Å². The molecule has 3 aliphatic rings. The number of nitrogens with zero attached hydrogens (tertiary/aromatic N) is 1. The molecule has 0 spiro atoms.